The first kappa shape index (κ1) is 13.3. The van der Waals surface area contributed by atoms with E-state index in [9.17, 15) is 14.0 Å². The molecule has 106 valence electrons. The summed E-state index contributed by atoms with van der Waals surface area (Å²) in [5, 5.41) is 5.23. The molecule has 0 saturated carbocycles. The molecule has 21 heavy (non-hydrogen) atoms. The average molecular weight is 284 g/mol. The Morgan fingerprint density at radius 3 is 2.86 bits per heavy atom. The number of halogens is 1. The maximum atomic E-state index is 13.6. The van der Waals surface area contributed by atoms with E-state index in [0.29, 0.717) is 17.7 Å². The van der Waals surface area contributed by atoms with Crippen molar-refractivity contribution in [1.29, 1.82) is 0 Å². The lowest BCUT2D eigenvalue weighted by Gasteiger charge is -2.08. The van der Waals surface area contributed by atoms with Crippen LogP contribution in [0.4, 0.5) is 15.8 Å². The number of nitrogens with one attached hydrogen (secondary N) is 2. The predicted octanol–water partition coefficient (Wildman–Crippen LogP) is 2.88. The molecule has 2 aromatic rings. The van der Waals surface area contributed by atoms with E-state index in [4.69, 9.17) is 0 Å². The lowest BCUT2D eigenvalue weighted by molar-refractivity contribution is -0.115. The molecule has 0 spiro atoms. The topological polar surface area (TPSA) is 58.2 Å². The quantitative estimate of drug-likeness (QED) is 0.891. The fourth-order valence-electron chi connectivity index (χ4n) is 2.28. The number of rotatable bonds is 2. The van der Waals surface area contributed by atoms with E-state index in [1.807, 2.05) is 6.92 Å². The molecule has 0 aliphatic carbocycles. The summed E-state index contributed by atoms with van der Waals surface area (Å²) in [6.45, 7) is 1.82. The highest BCUT2D eigenvalue weighted by Gasteiger charge is 2.19. The van der Waals surface area contributed by atoms with Crippen LogP contribution in [0.15, 0.2) is 36.4 Å². The van der Waals surface area contributed by atoms with Crippen LogP contribution in [0.25, 0.3) is 0 Å². The van der Waals surface area contributed by atoms with E-state index < -0.39 is 11.7 Å². The third kappa shape index (κ3) is 2.63. The van der Waals surface area contributed by atoms with Crippen LogP contribution < -0.4 is 10.6 Å². The second kappa shape index (κ2) is 5.01. The molecular weight excluding hydrogens is 271 g/mol. The van der Waals surface area contributed by atoms with Crippen LogP contribution in [0.1, 0.15) is 21.5 Å². The van der Waals surface area contributed by atoms with Crippen molar-refractivity contribution in [2.45, 2.75) is 13.3 Å². The van der Waals surface area contributed by atoms with E-state index in [1.165, 1.54) is 6.07 Å². The van der Waals surface area contributed by atoms with Gasteiger partial charge in [-0.05, 0) is 42.3 Å². The first-order valence-corrected chi connectivity index (χ1v) is 6.53. The minimum Gasteiger partial charge on any atom is -0.326 e. The summed E-state index contributed by atoms with van der Waals surface area (Å²) in [5.74, 6) is -0.987. The monoisotopic (exact) mass is 284 g/mol. The van der Waals surface area contributed by atoms with Crippen LogP contribution in [0, 0.1) is 12.7 Å². The number of fused-ring (bicyclic) bond motifs is 1. The molecule has 2 amide bonds. The molecule has 0 radical (unpaired) electrons. The largest absolute Gasteiger partial charge is 0.326 e. The summed E-state index contributed by atoms with van der Waals surface area (Å²) in [6, 6.07) is 9.48. The number of amides is 2. The summed E-state index contributed by atoms with van der Waals surface area (Å²) < 4.78 is 13.6. The van der Waals surface area contributed by atoms with Crippen LogP contribution in [-0.4, -0.2) is 11.8 Å². The third-order valence-corrected chi connectivity index (χ3v) is 3.37. The van der Waals surface area contributed by atoms with Gasteiger partial charge in [-0.1, -0.05) is 12.1 Å². The smallest absolute Gasteiger partial charge is 0.255 e. The summed E-state index contributed by atoms with van der Waals surface area (Å²) in [5.41, 5.74) is 2.87. The Morgan fingerprint density at radius 2 is 2.05 bits per heavy atom. The fraction of sp³-hybridized carbons (Fsp3) is 0.125. The lowest BCUT2D eigenvalue weighted by atomic mass is 10.1. The minimum absolute atomic E-state index is 0.0905. The molecule has 0 aromatic heterocycles. The zero-order chi connectivity index (χ0) is 15.0. The Labute approximate surface area is 121 Å². The highest BCUT2D eigenvalue weighted by Crippen LogP contribution is 2.25. The van der Waals surface area contributed by atoms with Gasteiger partial charge in [0.15, 0.2) is 0 Å². The Bertz CT molecular complexity index is 756. The normalized spacial score (nSPS) is 12.8. The van der Waals surface area contributed by atoms with Crippen LogP contribution >= 0.6 is 0 Å². The molecule has 4 nitrogen and oxygen atoms in total. The van der Waals surface area contributed by atoms with Gasteiger partial charge in [-0.25, -0.2) is 4.39 Å². The van der Waals surface area contributed by atoms with Crippen molar-refractivity contribution >= 4 is 23.2 Å². The maximum absolute atomic E-state index is 13.6. The van der Waals surface area contributed by atoms with Crippen LogP contribution in [0.2, 0.25) is 0 Å². The van der Waals surface area contributed by atoms with E-state index in [0.717, 1.165) is 11.1 Å². The molecule has 0 fully saturated rings. The molecule has 3 rings (SSSR count). The Kier molecular flexibility index (Phi) is 3.17. The van der Waals surface area contributed by atoms with Gasteiger partial charge in [0.2, 0.25) is 5.91 Å². The molecule has 1 aliphatic rings. The number of anilines is 2. The predicted molar refractivity (Wildman–Crippen MR) is 77.9 cm³/mol. The fourth-order valence-corrected chi connectivity index (χ4v) is 2.28. The van der Waals surface area contributed by atoms with Crippen LogP contribution in [0.5, 0.6) is 0 Å². The van der Waals surface area contributed by atoms with Gasteiger partial charge in [-0.15, -0.1) is 0 Å². The van der Waals surface area contributed by atoms with Crippen molar-refractivity contribution in [2.24, 2.45) is 0 Å². The van der Waals surface area contributed by atoms with Crippen molar-refractivity contribution in [1.82, 2.24) is 0 Å². The van der Waals surface area contributed by atoms with Gasteiger partial charge in [-0.2, -0.15) is 0 Å². The van der Waals surface area contributed by atoms with E-state index in [1.54, 1.807) is 30.3 Å². The van der Waals surface area contributed by atoms with Crippen molar-refractivity contribution in [3.63, 3.8) is 0 Å². The SMILES string of the molecule is Cc1ccc(F)c(NC(=O)c2ccc3c(c2)NC(=O)C3)c1. The second-order valence-corrected chi connectivity index (χ2v) is 5.03. The van der Waals surface area contributed by atoms with Crippen LogP contribution in [-0.2, 0) is 11.2 Å². The Morgan fingerprint density at radius 1 is 1.24 bits per heavy atom. The number of aryl methyl sites for hydroxylation is 1. The van der Waals surface area contributed by atoms with E-state index in [-0.39, 0.29) is 11.6 Å². The highest BCUT2D eigenvalue weighted by molar-refractivity contribution is 6.07. The van der Waals surface area contributed by atoms with Gasteiger partial charge in [-0.3, -0.25) is 9.59 Å². The minimum atomic E-state index is -0.483. The van der Waals surface area contributed by atoms with Gasteiger partial charge < -0.3 is 10.6 Å². The molecule has 1 aliphatic heterocycles. The standard InChI is InChI=1S/C16H13FN2O2/c1-9-2-5-12(17)14(6-9)19-16(21)11-4-3-10-8-15(20)18-13(10)7-11/h2-7H,8H2,1H3,(H,18,20)(H,19,21). The van der Waals surface area contributed by atoms with Gasteiger partial charge in [0.1, 0.15) is 5.82 Å². The molecule has 0 unspecified atom stereocenters. The Hall–Kier alpha value is -2.69. The summed E-state index contributed by atoms with van der Waals surface area (Å²) >= 11 is 0. The van der Waals surface area contributed by atoms with E-state index >= 15 is 0 Å². The third-order valence-electron chi connectivity index (χ3n) is 3.37. The molecule has 1 heterocycles. The second-order valence-electron chi connectivity index (χ2n) is 5.03. The molecule has 0 bridgehead atoms. The molecular formula is C16H13FN2O2. The highest BCUT2D eigenvalue weighted by atomic mass is 19.1. The lowest BCUT2D eigenvalue weighted by Crippen LogP contribution is -2.13. The van der Waals surface area contributed by atoms with Gasteiger partial charge in [0.25, 0.3) is 5.91 Å². The van der Waals surface area contributed by atoms with Gasteiger partial charge in [0.05, 0.1) is 12.1 Å². The maximum Gasteiger partial charge on any atom is 0.255 e. The first-order chi connectivity index (χ1) is 10.0. The molecule has 0 atom stereocenters. The molecule has 0 saturated heterocycles. The van der Waals surface area contributed by atoms with Gasteiger partial charge >= 0.3 is 0 Å². The summed E-state index contributed by atoms with van der Waals surface area (Å²) in [7, 11) is 0. The Balaban J connectivity index is 1.85. The number of hydrogen-bond acceptors (Lipinski definition) is 2. The number of hydrogen-bond donors (Lipinski definition) is 2. The molecule has 2 aromatic carbocycles. The molecule has 5 heteroatoms. The first-order valence-electron chi connectivity index (χ1n) is 6.53. The summed E-state index contributed by atoms with van der Waals surface area (Å²) in [6.07, 6.45) is 0.323. The van der Waals surface area contributed by atoms with Crippen molar-refractivity contribution in [3.05, 3.63) is 58.9 Å². The number of carbonyl (C=O) groups excluding carboxylic acids is 2. The zero-order valence-corrected chi connectivity index (χ0v) is 11.4. The van der Waals surface area contributed by atoms with Gasteiger partial charge in [0, 0.05) is 11.3 Å². The average Bonchev–Trinajstić information content (AvgIpc) is 2.81. The van der Waals surface area contributed by atoms with Crippen molar-refractivity contribution in [2.75, 3.05) is 10.6 Å². The van der Waals surface area contributed by atoms with Crippen molar-refractivity contribution in [3.8, 4) is 0 Å². The zero-order valence-electron chi connectivity index (χ0n) is 11.4. The van der Waals surface area contributed by atoms with Crippen molar-refractivity contribution < 1.29 is 14.0 Å². The number of benzene rings is 2. The molecule has 2 N–H and O–H groups in total. The summed E-state index contributed by atoms with van der Waals surface area (Å²) in [4.78, 5) is 23.5. The van der Waals surface area contributed by atoms with Crippen LogP contribution in [0.3, 0.4) is 0 Å². The van der Waals surface area contributed by atoms with E-state index in [2.05, 4.69) is 10.6 Å². The number of carbonyl (C=O) groups is 2.